The van der Waals surface area contributed by atoms with Crippen LogP contribution in [0.15, 0.2) is 66.9 Å². The van der Waals surface area contributed by atoms with Gasteiger partial charge in [0.15, 0.2) is 0 Å². The summed E-state index contributed by atoms with van der Waals surface area (Å²) in [7, 11) is 3.56. The third kappa shape index (κ3) is 8.18. The van der Waals surface area contributed by atoms with Crippen molar-refractivity contribution in [1.29, 1.82) is 0 Å². The second-order valence-corrected chi connectivity index (χ2v) is 10.4. The molecule has 0 fully saturated rings. The van der Waals surface area contributed by atoms with Gasteiger partial charge in [-0.3, -0.25) is 14.3 Å². The standard InChI is InChI=1S/C32H42N4O4/c1-34-27(18-19-33-34)16-17-31(37)36-21-11-4-3-10-20-35(22-23-39-2)32(38)29-14-8-9-15-30(29)40-25-28(36)24-26-12-6-5-7-13-26/h5-9,12-15,18-19,28H,3-4,10-11,16-17,20-25H2,1-2H3/t28-/m0/s1. The van der Waals surface area contributed by atoms with Crippen LogP contribution in [0.5, 0.6) is 5.75 Å². The molecular formula is C32H42N4O4. The summed E-state index contributed by atoms with van der Waals surface area (Å²) in [6.45, 7) is 2.68. The van der Waals surface area contributed by atoms with Gasteiger partial charge in [0.2, 0.25) is 5.91 Å². The van der Waals surface area contributed by atoms with Crippen molar-refractivity contribution in [1.82, 2.24) is 19.6 Å². The summed E-state index contributed by atoms with van der Waals surface area (Å²) >= 11 is 0. The molecule has 0 aliphatic carbocycles. The van der Waals surface area contributed by atoms with Gasteiger partial charge in [0.25, 0.3) is 5.91 Å². The van der Waals surface area contributed by atoms with Gasteiger partial charge < -0.3 is 19.3 Å². The summed E-state index contributed by atoms with van der Waals surface area (Å²) < 4.78 is 13.5. The lowest BCUT2D eigenvalue weighted by atomic mass is 10.0. The fourth-order valence-corrected chi connectivity index (χ4v) is 5.26. The number of hydrogen-bond acceptors (Lipinski definition) is 5. The van der Waals surface area contributed by atoms with E-state index in [1.165, 1.54) is 0 Å². The topological polar surface area (TPSA) is 76.9 Å². The van der Waals surface area contributed by atoms with E-state index in [1.807, 2.05) is 70.1 Å². The van der Waals surface area contributed by atoms with Gasteiger partial charge in [0.05, 0.1) is 18.2 Å². The first-order valence-electron chi connectivity index (χ1n) is 14.4. The van der Waals surface area contributed by atoms with E-state index in [1.54, 1.807) is 13.3 Å². The fourth-order valence-electron chi connectivity index (χ4n) is 5.26. The Morgan fingerprint density at radius 2 is 1.75 bits per heavy atom. The van der Waals surface area contributed by atoms with Crippen LogP contribution in [0.4, 0.5) is 0 Å². The third-order valence-electron chi connectivity index (χ3n) is 7.57. The van der Waals surface area contributed by atoms with Crippen molar-refractivity contribution in [2.24, 2.45) is 7.05 Å². The molecule has 1 aliphatic rings. The minimum absolute atomic E-state index is 0.0478. The van der Waals surface area contributed by atoms with Gasteiger partial charge in [-0.25, -0.2) is 0 Å². The monoisotopic (exact) mass is 546 g/mol. The Balaban J connectivity index is 1.60. The lowest BCUT2D eigenvalue weighted by Crippen LogP contribution is -2.46. The van der Waals surface area contributed by atoms with Crippen LogP contribution in [0, 0.1) is 0 Å². The van der Waals surface area contributed by atoms with Crippen molar-refractivity contribution in [2.45, 2.75) is 51.0 Å². The number of aromatic nitrogens is 2. The highest BCUT2D eigenvalue weighted by Crippen LogP contribution is 2.23. The number of fused-ring (bicyclic) bond motifs is 1. The highest BCUT2D eigenvalue weighted by molar-refractivity contribution is 5.97. The van der Waals surface area contributed by atoms with Gasteiger partial charge in [-0.1, -0.05) is 55.3 Å². The molecule has 0 radical (unpaired) electrons. The number of rotatable bonds is 8. The first-order chi connectivity index (χ1) is 19.6. The van der Waals surface area contributed by atoms with E-state index in [2.05, 4.69) is 17.2 Å². The number of carbonyl (C=O) groups excluding carboxylic acids is 2. The van der Waals surface area contributed by atoms with Crippen molar-refractivity contribution < 1.29 is 19.1 Å². The highest BCUT2D eigenvalue weighted by atomic mass is 16.5. The maximum Gasteiger partial charge on any atom is 0.257 e. The predicted molar refractivity (Wildman–Crippen MR) is 155 cm³/mol. The number of para-hydroxylation sites is 1. The molecule has 4 rings (SSSR count). The first kappa shape index (κ1) is 29.3. The molecular weight excluding hydrogens is 504 g/mol. The Morgan fingerprint density at radius 1 is 1.00 bits per heavy atom. The van der Waals surface area contributed by atoms with E-state index < -0.39 is 0 Å². The smallest absolute Gasteiger partial charge is 0.257 e. The van der Waals surface area contributed by atoms with Crippen molar-refractivity contribution in [3.05, 3.63) is 83.7 Å². The zero-order valence-electron chi connectivity index (χ0n) is 23.8. The SMILES string of the molecule is COCCN1CCCCCCN(C(=O)CCc2ccnn2C)[C@@H](Cc2ccccc2)COc2ccccc2C1=O. The number of hydrogen-bond donors (Lipinski definition) is 0. The van der Waals surface area contributed by atoms with Gasteiger partial charge in [-0.15, -0.1) is 0 Å². The molecule has 0 saturated heterocycles. The molecule has 0 bridgehead atoms. The zero-order valence-corrected chi connectivity index (χ0v) is 23.8. The maximum absolute atomic E-state index is 13.8. The summed E-state index contributed by atoms with van der Waals surface area (Å²) in [4.78, 5) is 31.2. The van der Waals surface area contributed by atoms with Crippen molar-refractivity contribution in [3.8, 4) is 5.75 Å². The second kappa shape index (κ2) is 15.2. The number of methoxy groups -OCH3 is 1. The number of aryl methyl sites for hydroxylation is 2. The Labute approximate surface area is 237 Å². The molecule has 0 saturated carbocycles. The van der Waals surface area contributed by atoms with Gasteiger partial charge in [-0.2, -0.15) is 5.10 Å². The van der Waals surface area contributed by atoms with E-state index >= 15 is 0 Å². The van der Waals surface area contributed by atoms with Crippen LogP contribution in [-0.2, 0) is 29.4 Å². The van der Waals surface area contributed by atoms with Gasteiger partial charge >= 0.3 is 0 Å². The molecule has 1 atom stereocenters. The molecule has 3 aromatic rings. The molecule has 2 aromatic carbocycles. The van der Waals surface area contributed by atoms with Crippen molar-refractivity contribution >= 4 is 11.8 Å². The lowest BCUT2D eigenvalue weighted by molar-refractivity contribution is -0.134. The van der Waals surface area contributed by atoms with Crippen LogP contribution in [-0.4, -0.2) is 77.4 Å². The van der Waals surface area contributed by atoms with E-state index in [-0.39, 0.29) is 17.9 Å². The van der Waals surface area contributed by atoms with Gasteiger partial charge in [0.1, 0.15) is 12.4 Å². The molecule has 40 heavy (non-hydrogen) atoms. The average Bonchev–Trinajstić information content (AvgIpc) is 3.39. The highest BCUT2D eigenvalue weighted by Gasteiger charge is 2.26. The molecule has 8 heteroatoms. The molecule has 0 spiro atoms. The molecule has 2 heterocycles. The van der Waals surface area contributed by atoms with Gasteiger partial charge in [-0.05, 0) is 49.4 Å². The second-order valence-electron chi connectivity index (χ2n) is 10.4. The van der Waals surface area contributed by atoms with Crippen molar-refractivity contribution in [3.63, 3.8) is 0 Å². The molecule has 2 amide bonds. The maximum atomic E-state index is 13.8. The largest absolute Gasteiger partial charge is 0.491 e. The molecule has 8 nitrogen and oxygen atoms in total. The number of carbonyl (C=O) groups is 2. The minimum Gasteiger partial charge on any atom is -0.491 e. The van der Waals surface area contributed by atoms with Gasteiger partial charge in [0, 0.05) is 52.1 Å². The Kier molecular flexibility index (Phi) is 11.2. The third-order valence-corrected chi connectivity index (χ3v) is 7.57. The first-order valence-corrected chi connectivity index (χ1v) is 14.4. The molecule has 0 N–H and O–H groups in total. The van der Waals surface area contributed by atoms with E-state index in [0.29, 0.717) is 63.4 Å². The van der Waals surface area contributed by atoms with E-state index in [0.717, 1.165) is 36.9 Å². The number of ether oxygens (including phenoxy) is 2. The zero-order chi connectivity index (χ0) is 28.2. The number of benzene rings is 2. The number of nitrogens with zero attached hydrogens (tertiary/aromatic N) is 4. The molecule has 0 unspecified atom stereocenters. The fraction of sp³-hybridized carbons (Fsp3) is 0.469. The lowest BCUT2D eigenvalue weighted by Gasteiger charge is -2.33. The summed E-state index contributed by atoms with van der Waals surface area (Å²) in [6.07, 6.45) is 7.29. The quantitative estimate of drug-likeness (QED) is 0.415. The Hall–Kier alpha value is -3.65. The minimum atomic E-state index is -0.169. The number of amides is 2. The Morgan fingerprint density at radius 3 is 2.50 bits per heavy atom. The van der Waals surface area contributed by atoms with Crippen LogP contribution in [0.2, 0.25) is 0 Å². The molecule has 1 aromatic heterocycles. The van der Waals surface area contributed by atoms with Crippen LogP contribution in [0.25, 0.3) is 0 Å². The summed E-state index contributed by atoms with van der Waals surface area (Å²) in [5.41, 5.74) is 2.73. The predicted octanol–water partition coefficient (Wildman–Crippen LogP) is 4.53. The van der Waals surface area contributed by atoms with Crippen LogP contribution >= 0.6 is 0 Å². The van der Waals surface area contributed by atoms with Crippen LogP contribution in [0.1, 0.15) is 53.7 Å². The molecule has 214 valence electrons. The summed E-state index contributed by atoms with van der Waals surface area (Å²) in [5, 5.41) is 4.25. The van der Waals surface area contributed by atoms with Crippen molar-refractivity contribution in [2.75, 3.05) is 40.0 Å². The summed E-state index contributed by atoms with van der Waals surface area (Å²) in [5.74, 6) is 0.619. The van der Waals surface area contributed by atoms with E-state index in [4.69, 9.17) is 9.47 Å². The summed E-state index contributed by atoms with van der Waals surface area (Å²) in [6, 6.07) is 19.5. The Bertz CT molecular complexity index is 1210. The van der Waals surface area contributed by atoms with Crippen LogP contribution in [0.3, 0.4) is 0 Å². The normalized spacial score (nSPS) is 17.1. The van der Waals surface area contributed by atoms with E-state index in [9.17, 15) is 9.59 Å². The molecule has 1 aliphatic heterocycles. The average molecular weight is 547 g/mol. The van der Waals surface area contributed by atoms with Crippen LogP contribution < -0.4 is 4.74 Å².